The molecule has 0 saturated heterocycles. The van der Waals surface area contributed by atoms with Crippen LogP contribution in [-0.2, 0) is 12.5 Å². The molecule has 3 heterocycles. The summed E-state index contributed by atoms with van der Waals surface area (Å²) in [7, 11) is 1.29. The van der Waals surface area contributed by atoms with Crippen molar-refractivity contribution < 1.29 is 23.1 Å². The smallest absolute Gasteiger partial charge is 0.316 e. The molecule has 2 aromatic carbocycles. The van der Waals surface area contributed by atoms with Crippen molar-refractivity contribution in [3.8, 4) is 12.1 Å². The summed E-state index contributed by atoms with van der Waals surface area (Å²) in [6, 6.07) is 14.2. The molecule has 2 aromatic heterocycles. The number of halogens is 2. The van der Waals surface area contributed by atoms with Crippen LogP contribution in [0.25, 0.3) is 0 Å². The van der Waals surface area contributed by atoms with Gasteiger partial charge < -0.3 is 15.0 Å². The number of nitrogens with zero attached hydrogens (tertiary/aromatic N) is 6. The number of methoxy groups -OCH3 is 1. The van der Waals surface area contributed by atoms with Gasteiger partial charge in [-0.15, -0.1) is 0 Å². The van der Waals surface area contributed by atoms with Gasteiger partial charge in [-0.3, -0.25) is 14.3 Å². The van der Waals surface area contributed by atoms with Crippen LogP contribution in [-0.4, -0.2) is 44.7 Å². The highest BCUT2D eigenvalue weighted by Gasteiger charge is 2.38. The molecule has 0 bridgehead atoms. The minimum absolute atomic E-state index is 0.0557. The number of alkyl halides is 2. The van der Waals surface area contributed by atoms with E-state index in [2.05, 4.69) is 20.4 Å². The second-order valence-electron chi connectivity index (χ2n) is 8.81. The number of aromatic nitrogens is 4. The van der Waals surface area contributed by atoms with Crippen molar-refractivity contribution in [2.75, 3.05) is 17.3 Å². The summed E-state index contributed by atoms with van der Waals surface area (Å²) in [5, 5.41) is 16.0. The van der Waals surface area contributed by atoms with E-state index in [0.717, 1.165) is 6.07 Å². The maximum Gasteiger partial charge on any atom is 0.316 e. The maximum absolute atomic E-state index is 15.2. The van der Waals surface area contributed by atoms with Crippen LogP contribution in [0.2, 0.25) is 0 Å². The molecule has 1 N–H and O–H groups in total. The Bertz CT molecular complexity index is 1610. The van der Waals surface area contributed by atoms with Crippen molar-refractivity contribution in [1.82, 2.24) is 19.7 Å². The van der Waals surface area contributed by atoms with Gasteiger partial charge in [-0.05, 0) is 43.3 Å². The van der Waals surface area contributed by atoms with Gasteiger partial charge in [-0.1, -0.05) is 18.2 Å². The monoisotopic (exact) mass is 529 g/mol. The summed E-state index contributed by atoms with van der Waals surface area (Å²) in [4.78, 5) is 35.6. The molecule has 12 heteroatoms. The molecule has 1 atom stereocenters. The molecule has 2 amide bonds. The normalized spacial score (nSPS) is 14.9. The maximum atomic E-state index is 15.2. The SMILES string of the molecule is COc1nccc(C(F)(F)c2ccc(N3C(=O)c4c(C(=O)Nc5cccc(C#N)c5)cnn4C[C@@H]3C)cc2)n1. The van der Waals surface area contributed by atoms with E-state index in [4.69, 9.17) is 10.00 Å². The van der Waals surface area contributed by atoms with E-state index in [1.54, 1.807) is 25.1 Å². The Morgan fingerprint density at radius 3 is 2.69 bits per heavy atom. The summed E-state index contributed by atoms with van der Waals surface area (Å²) < 4.78 is 36.6. The molecule has 196 valence electrons. The molecular weight excluding hydrogens is 508 g/mol. The Morgan fingerprint density at radius 1 is 1.21 bits per heavy atom. The fourth-order valence-electron chi connectivity index (χ4n) is 4.39. The van der Waals surface area contributed by atoms with Gasteiger partial charge >= 0.3 is 11.9 Å². The number of nitrogens with one attached hydrogen (secondary N) is 1. The first-order valence-electron chi connectivity index (χ1n) is 11.8. The lowest BCUT2D eigenvalue weighted by molar-refractivity contribution is 0.0371. The van der Waals surface area contributed by atoms with E-state index in [1.807, 2.05) is 6.07 Å². The molecule has 0 unspecified atom stereocenters. The van der Waals surface area contributed by atoms with Crippen molar-refractivity contribution in [1.29, 1.82) is 5.26 Å². The molecule has 10 nitrogen and oxygen atoms in total. The second-order valence-corrected chi connectivity index (χ2v) is 8.81. The number of benzene rings is 2. The lowest BCUT2D eigenvalue weighted by Gasteiger charge is -2.34. The molecule has 0 spiro atoms. The fraction of sp³-hybridized carbons (Fsp3) is 0.185. The van der Waals surface area contributed by atoms with Crippen LogP contribution in [0.5, 0.6) is 6.01 Å². The van der Waals surface area contributed by atoms with Crippen molar-refractivity contribution in [3.63, 3.8) is 0 Å². The Kier molecular flexibility index (Phi) is 6.49. The molecule has 4 aromatic rings. The first-order valence-corrected chi connectivity index (χ1v) is 11.8. The summed E-state index contributed by atoms with van der Waals surface area (Å²) in [5.74, 6) is -4.49. The van der Waals surface area contributed by atoms with Crippen LogP contribution in [0.3, 0.4) is 0 Å². The van der Waals surface area contributed by atoms with Gasteiger partial charge in [-0.2, -0.15) is 24.1 Å². The molecule has 0 radical (unpaired) electrons. The number of amides is 2. The highest BCUT2D eigenvalue weighted by Crippen LogP contribution is 2.36. The van der Waals surface area contributed by atoms with E-state index in [1.165, 1.54) is 59.4 Å². The Hall–Kier alpha value is -5.18. The van der Waals surface area contributed by atoms with Gasteiger partial charge in [0, 0.05) is 23.1 Å². The Morgan fingerprint density at radius 2 is 1.97 bits per heavy atom. The van der Waals surface area contributed by atoms with E-state index < -0.39 is 23.4 Å². The third-order valence-corrected chi connectivity index (χ3v) is 6.28. The number of nitriles is 1. The van der Waals surface area contributed by atoms with Crippen LogP contribution in [0.4, 0.5) is 20.2 Å². The first-order chi connectivity index (χ1) is 18.7. The Labute approximate surface area is 221 Å². The van der Waals surface area contributed by atoms with Crippen LogP contribution >= 0.6 is 0 Å². The fourth-order valence-corrected chi connectivity index (χ4v) is 4.39. The van der Waals surface area contributed by atoms with E-state index >= 15 is 8.78 Å². The average molecular weight is 530 g/mol. The third-order valence-electron chi connectivity index (χ3n) is 6.28. The highest BCUT2D eigenvalue weighted by molar-refractivity contribution is 6.15. The first kappa shape index (κ1) is 25.5. The molecule has 0 aliphatic carbocycles. The van der Waals surface area contributed by atoms with Crippen LogP contribution in [0.15, 0.2) is 67.0 Å². The molecule has 0 fully saturated rings. The van der Waals surface area contributed by atoms with Crippen molar-refractivity contribution >= 4 is 23.2 Å². The number of carbonyl (C=O) groups excluding carboxylic acids is 2. The van der Waals surface area contributed by atoms with Gasteiger partial charge in [0.15, 0.2) is 0 Å². The van der Waals surface area contributed by atoms with E-state index in [-0.39, 0.29) is 35.4 Å². The van der Waals surface area contributed by atoms with Gasteiger partial charge in [0.05, 0.1) is 43.1 Å². The topological polar surface area (TPSA) is 126 Å². The van der Waals surface area contributed by atoms with Crippen LogP contribution < -0.4 is 15.0 Å². The lowest BCUT2D eigenvalue weighted by atomic mass is 10.0. The zero-order chi connectivity index (χ0) is 27.7. The van der Waals surface area contributed by atoms with E-state index in [0.29, 0.717) is 16.9 Å². The molecule has 1 aliphatic rings. The summed E-state index contributed by atoms with van der Waals surface area (Å²) in [6.45, 7) is 2.09. The average Bonchev–Trinajstić information content (AvgIpc) is 3.37. The minimum Gasteiger partial charge on any atom is -0.467 e. The van der Waals surface area contributed by atoms with Crippen LogP contribution in [0.1, 0.15) is 44.6 Å². The summed E-state index contributed by atoms with van der Waals surface area (Å²) >= 11 is 0. The quantitative estimate of drug-likeness (QED) is 0.400. The largest absolute Gasteiger partial charge is 0.467 e. The van der Waals surface area contributed by atoms with Crippen LogP contribution in [0, 0.1) is 11.3 Å². The number of fused-ring (bicyclic) bond motifs is 1. The second kappa shape index (κ2) is 9.94. The third kappa shape index (κ3) is 4.66. The highest BCUT2D eigenvalue weighted by atomic mass is 19.3. The summed E-state index contributed by atoms with van der Waals surface area (Å²) in [6.07, 6.45) is 2.50. The number of rotatable bonds is 6. The standard InChI is InChI=1S/C27H21F2N7O3/c1-16-15-35-23(21(14-32-35)24(37)33-19-5-3-4-17(12-19)13-30)25(38)36(16)20-8-6-18(7-9-20)27(28,29)22-10-11-31-26(34-22)39-2/h3-12,14,16H,15H2,1-2H3,(H,33,37)/t16-/m0/s1. The zero-order valence-electron chi connectivity index (χ0n) is 20.8. The summed E-state index contributed by atoms with van der Waals surface area (Å²) in [5.41, 5.74) is 0.426. The lowest BCUT2D eigenvalue weighted by Crippen LogP contribution is -2.47. The van der Waals surface area contributed by atoms with Gasteiger partial charge in [0.25, 0.3) is 11.8 Å². The number of ether oxygens (including phenoxy) is 1. The van der Waals surface area contributed by atoms with Gasteiger partial charge in [0.1, 0.15) is 11.4 Å². The molecule has 39 heavy (non-hydrogen) atoms. The van der Waals surface area contributed by atoms with Crippen molar-refractivity contribution in [3.05, 3.63) is 95.1 Å². The number of hydrogen-bond acceptors (Lipinski definition) is 7. The van der Waals surface area contributed by atoms with Gasteiger partial charge in [0.2, 0.25) is 0 Å². The number of hydrogen-bond donors (Lipinski definition) is 1. The van der Waals surface area contributed by atoms with Crippen molar-refractivity contribution in [2.45, 2.75) is 25.4 Å². The van der Waals surface area contributed by atoms with E-state index in [9.17, 15) is 9.59 Å². The molecule has 1 aliphatic heterocycles. The van der Waals surface area contributed by atoms with Crippen molar-refractivity contribution in [2.24, 2.45) is 0 Å². The number of anilines is 2. The Balaban J connectivity index is 1.41. The van der Waals surface area contributed by atoms with Gasteiger partial charge in [-0.25, -0.2) is 4.98 Å². The number of carbonyl (C=O) groups is 2. The predicted octanol–water partition coefficient (Wildman–Crippen LogP) is 3.99. The minimum atomic E-state index is -3.43. The molecular formula is C27H21F2N7O3. The zero-order valence-corrected chi connectivity index (χ0v) is 20.8. The predicted molar refractivity (Wildman–Crippen MR) is 136 cm³/mol. The molecule has 0 saturated carbocycles. The molecule has 5 rings (SSSR count).